The monoisotopic (exact) mass is 238 g/mol. The van der Waals surface area contributed by atoms with Gasteiger partial charge in [-0.2, -0.15) is 0 Å². The minimum absolute atomic E-state index is 0.728. The van der Waals surface area contributed by atoms with Crippen molar-refractivity contribution in [1.82, 2.24) is 5.32 Å². The van der Waals surface area contributed by atoms with Gasteiger partial charge in [-0.1, -0.05) is 0 Å². The standard InChI is InChI=1S/C7H14N2O7/c8-6(14)9-7(15)5(13)4(12)3(11)2(1-10)16-7/h2-5,10-13,15H,1H2,(H3,8,9,14)/t2-,3-,4+,5-,7+/m1/s1. The molecular formula is C7H14N2O7. The Balaban J connectivity index is 2.89. The van der Waals surface area contributed by atoms with Crippen molar-refractivity contribution < 1.29 is 35.1 Å². The lowest BCUT2D eigenvalue weighted by Gasteiger charge is -2.44. The molecule has 1 aliphatic rings. The predicted molar refractivity (Wildman–Crippen MR) is 47.6 cm³/mol. The van der Waals surface area contributed by atoms with E-state index in [1.807, 2.05) is 0 Å². The second-order valence-electron chi connectivity index (χ2n) is 3.45. The van der Waals surface area contributed by atoms with Gasteiger partial charge in [0.05, 0.1) is 6.61 Å². The minimum Gasteiger partial charge on any atom is -0.394 e. The molecule has 0 aromatic heterocycles. The molecule has 0 saturated carbocycles. The molecule has 2 amide bonds. The van der Waals surface area contributed by atoms with Crippen molar-refractivity contribution in [2.75, 3.05) is 6.61 Å². The van der Waals surface area contributed by atoms with Gasteiger partial charge in [0.15, 0.2) is 6.10 Å². The third-order valence-electron chi connectivity index (χ3n) is 2.27. The molecule has 0 aliphatic carbocycles. The van der Waals surface area contributed by atoms with Crippen molar-refractivity contribution in [3.8, 4) is 0 Å². The van der Waals surface area contributed by atoms with Gasteiger partial charge in [-0.3, -0.25) is 5.32 Å². The Morgan fingerprint density at radius 1 is 1.38 bits per heavy atom. The van der Waals surface area contributed by atoms with E-state index >= 15 is 0 Å². The zero-order valence-electron chi connectivity index (χ0n) is 8.15. The molecule has 0 unspecified atom stereocenters. The van der Waals surface area contributed by atoms with Gasteiger partial charge in [0.2, 0.25) is 0 Å². The lowest BCUT2D eigenvalue weighted by molar-refractivity contribution is -0.356. The average Bonchev–Trinajstić information content (AvgIpc) is 2.20. The molecule has 94 valence electrons. The molecule has 0 aromatic rings. The summed E-state index contributed by atoms with van der Waals surface area (Å²) < 4.78 is 4.66. The van der Waals surface area contributed by atoms with Gasteiger partial charge < -0.3 is 36.0 Å². The molecule has 1 saturated heterocycles. The second kappa shape index (κ2) is 4.49. The highest BCUT2D eigenvalue weighted by Gasteiger charge is 2.53. The van der Waals surface area contributed by atoms with Crippen molar-refractivity contribution >= 4 is 6.03 Å². The highest BCUT2D eigenvalue weighted by atomic mass is 16.7. The summed E-state index contributed by atoms with van der Waals surface area (Å²) in [5.41, 5.74) is 4.73. The van der Waals surface area contributed by atoms with Crippen molar-refractivity contribution in [1.29, 1.82) is 0 Å². The molecule has 5 atom stereocenters. The number of hydrogen-bond acceptors (Lipinski definition) is 7. The van der Waals surface area contributed by atoms with E-state index in [1.54, 1.807) is 5.32 Å². The molecule has 0 bridgehead atoms. The smallest absolute Gasteiger partial charge is 0.316 e. The van der Waals surface area contributed by atoms with Crippen LogP contribution in [0.4, 0.5) is 4.79 Å². The van der Waals surface area contributed by atoms with E-state index in [0.717, 1.165) is 0 Å². The molecule has 9 heteroatoms. The van der Waals surface area contributed by atoms with Crippen molar-refractivity contribution in [2.45, 2.75) is 30.3 Å². The summed E-state index contributed by atoms with van der Waals surface area (Å²) in [5.74, 6) is -2.65. The fraction of sp³-hybridized carbons (Fsp3) is 0.857. The molecule has 1 aliphatic heterocycles. The molecule has 1 heterocycles. The van der Waals surface area contributed by atoms with Crippen LogP contribution in [0, 0.1) is 0 Å². The molecule has 1 fully saturated rings. The molecule has 16 heavy (non-hydrogen) atoms. The Labute approximate surface area is 90.1 Å². The van der Waals surface area contributed by atoms with Crippen LogP contribution in [0.1, 0.15) is 0 Å². The van der Waals surface area contributed by atoms with Gasteiger partial charge >= 0.3 is 6.03 Å². The molecule has 0 spiro atoms. The van der Waals surface area contributed by atoms with Crippen molar-refractivity contribution in [2.24, 2.45) is 5.73 Å². The maximum atomic E-state index is 10.6. The van der Waals surface area contributed by atoms with Crippen LogP contribution in [0.3, 0.4) is 0 Å². The van der Waals surface area contributed by atoms with Gasteiger partial charge in [-0.25, -0.2) is 4.79 Å². The summed E-state index contributed by atoms with van der Waals surface area (Å²) in [7, 11) is 0. The van der Waals surface area contributed by atoms with Crippen LogP contribution in [0.2, 0.25) is 0 Å². The SMILES string of the molecule is NC(=O)N[C@@]1(O)O[C@H](CO)[C@@H](O)[C@H](O)[C@H]1O. The van der Waals surface area contributed by atoms with Crippen LogP contribution in [-0.2, 0) is 4.74 Å². The number of carbonyl (C=O) groups is 1. The highest BCUT2D eigenvalue weighted by molar-refractivity contribution is 5.72. The summed E-state index contributed by atoms with van der Waals surface area (Å²) in [6.07, 6.45) is -6.77. The molecule has 9 nitrogen and oxygen atoms in total. The lowest BCUT2D eigenvalue weighted by atomic mass is 9.96. The third kappa shape index (κ3) is 2.24. The second-order valence-corrected chi connectivity index (χ2v) is 3.45. The number of urea groups is 1. The van der Waals surface area contributed by atoms with Crippen LogP contribution >= 0.6 is 0 Å². The summed E-state index contributed by atoms with van der Waals surface area (Å²) in [6.45, 7) is -0.728. The largest absolute Gasteiger partial charge is 0.394 e. The van der Waals surface area contributed by atoms with Gasteiger partial charge in [-0.05, 0) is 0 Å². The van der Waals surface area contributed by atoms with Crippen LogP contribution < -0.4 is 11.1 Å². The number of amides is 2. The molecule has 0 radical (unpaired) electrons. The lowest BCUT2D eigenvalue weighted by Crippen LogP contribution is -2.71. The van der Waals surface area contributed by atoms with E-state index in [1.165, 1.54) is 0 Å². The number of primary amides is 1. The van der Waals surface area contributed by atoms with Crippen LogP contribution in [0.15, 0.2) is 0 Å². The Kier molecular flexibility index (Phi) is 3.68. The number of hydrogen-bond donors (Lipinski definition) is 7. The number of rotatable bonds is 2. The van der Waals surface area contributed by atoms with Crippen molar-refractivity contribution in [3.63, 3.8) is 0 Å². The molecule has 8 N–H and O–H groups in total. The summed E-state index contributed by atoms with van der Waals surface area (Å²) in [5, 5.41) is 48.2. The van der Waals surface area contributed by atoms with Gasteiger partial charge in [-0.15, -0.1) is 0 Å². The summed E-state index contributed by atoms with van der Waals surface area (Å²) in [6, 6.07) is -1.21. The van der Waals surface area contributed by atoms with E-state index in [-0.39, 0.29) is 0 Å². The third-order valence-corrected chi connectivity index (χ3v) is 2.27. The summed E-state index contributed by atoms with van der Waals surface area (Å²) >= 11 is 0. The topological polar surface area (TPSA) is 166 Å². The van der Waals surface area contributed by atoms with E-state index in [9.17, 15) is 25.2 Å². The number of ether oxygens (including phenoxy) is 1. The Morgan fingerprint density at radius 3 is 2.38 bits per heavy atom. The van der Waals surface area contributed by atoms with Crippen molar-refractivity contribution in [3.05, 3.63) is 0 Å². The van der Waals surface area contributed by atoms with Gasteiger partial charge in [0.1, 0.15) is 18.3 Å². The number of nitrogens with two attached hydrogens (primary N) is 1. The first-order valence-corrected chi connectivity index (χ1v) is 4.44. The van der Waals surface area contributed by atoms with Gasteiger partial charge in [0, 0.05) is 0 Å². The molecular weight excluding hydrogens is 224 g/mol. The number of carbonyl (C=O) groups excluding carboxylic acids is 1. The fourth-order valence-corrected chi connectivity index (χ4v) is 1.43. The zero-order valence-corrected chi connectivity index (χ0v) is 8.15. The maximum Gasteiger partial charge on any atom is 0.316 e. The molecule has 1 rings (SSSR count). The molecule has 0 aromatic carbocycles. The normalized spacial score (nSPS) is 44.1. The maximum absolute atomic E-state index is 10.6. The van der Waals surface area contributed by atoms with E-state index in [0.29, 0.717) is 0 Å². The van der Waals surface area contributed by atoms with Crippen LogP contribution in [0.25, 0.3) is 0 Å². The Hall–Kier alpha value is -0.970. The summed E-state index contributed by atoms with van der Waals surface area (Å²) in [4.78, 5) is 10.6. The minimum atomic E-state index is -2.65. The van der Waals surface area contributed by atoms with E-state index in [2.05, 4.69) is 4.74 Å². The van der Waals surface area contributed by atoms with E-state index < -0.39 is 43.0 Å². The van der Waals surface area contributed by atoms with Gasteiger partial charge in [0.25, 0.3) is 5.91 Å². The Morgan fingerprint density at radius 2 is 1.94 bits per heavy atom. The zero-order chi connectivity index (χ0) is 12.5. The fourth-order valence-electron chi connectivity index (χ4n) is 1.43. The first kappa shape index (κ1) is 13.1. The number of nitrogens with one attached hydrogen (secondary N) is 1. The van der Waals surface area contributed by atoms with E-state index in [4.69, 9.17) is 10.8 Å². The predicted octanol–water partition coefficient (Wildman–Crippen LogP) is -4.23. The first-order valence-electron chi connectivity index (χ1n) is 4.44. The number of aliphatic hydroxyl groups is 5. The Bertz CT molecular complexity index is 273. The quantitative estimate of drug-likeness (QED) is 0.239. The van der Waals surface area contributed by atoms with Crippen LogP contribution in [-0.4, -0.2) is 68.5 Å². The number of aliphatic hydroxyl groups excluding tert-OH is 4. The average molecular weight is 238 g/mol. The van der Waals surface area contributed by atoms with Crippen LogP contribution in [0.5, 0.6) is 0 Å². The first-order chi connectivity index (χ1) is 7.31. The highest BCUT2D eigenvalue weighted by Crippen LogP contribution is 2.25.